The number of carbonyl (C=O) groups excluding carboxylic acids is 1. The Bertz CT molecular complexity index is 785. The number of aldehydes is 1. The summed E-state index contributed by atoms with van der Waals surface area (Å²) < 4.78 is 53.4. The maximum absolute atomic E-state index is 12.7. The highest BCUT2D eigenvalue weighted by atomic mass is 19.4. The van der Waals surface area contributed by atoms with E-state index in [9.17, 15) is 18.0 Å². The van der Waals surface area contributed by atoms with E-state index in [2.05, 4.69) is 11.3 Å². The maximum atomic E-state index is 12.7. The van der Waals surface area contributed by atoms with Crippen molar-refractivity contribution in [3.8, 4) is 28.4 Å². The Hall–Kier alpha value is -2.96. The molecule has 138 valence electrons. The summed E-state index contributed by atoms with van der Waals surface area (Å²) in [5.41, 5.74) is 0.601. The first kappa shape index (κ1) is 19.4. The van der Waals surface area contributed by atoms with Gasteiger partial charge in [0.05, 0.1) is 6.61 Å². The van der Waals surface area contributed by atoms with Crippen LogP contribution < -0.4 is 14.2 Å². The van der Waals surface area contributed by atoms with Crippen molar-refractivity contribution in [2.45, 2.75) is 13.3 Å². The van der Waals surface area contributed by atoms with Gasteiger partial charge < -0.3 is 14.2 Å². The highest BCUT2D eigenvalue weighted by Crippen LogP contribution is 2.43. The van der Waals surface area contributed by atoms with Crippen LogP contribution in [0.1, 0.15) is 17.3 Å². The van der Waals surface area contributed by atoms with Crippen LogP contribution in [0.4, 0.5) is 13.2 Å². The lowest BCUT2D eigenvalue weighted by molar-refractivity contribution is -0.274. The van der Waals surface area contributed by atoms with Crippen molar-refractivity contribution in [1.82, 2.24) is 0 Å². The van der Waals surface area contributed by atoms with Crippen LogP contribution in [0, 0.1) is 0 Å². The number of halogens is 3. The fraction of sp³-hybridized carbons (Fsp3) is 0.211. The third kappa shape index (κ3) is 4.78. The van der Waals surface area contributed by atoms with Crippen LogP contribution in [0.2, 0.25) is 0 Å². The molecule has 26 heavy (non-hydrogen) atoms. The molecule has 0 bridgehead atoms. The van der Waals surface area contributed by atoms with E-state index in [1.54, 1.807) is 13.0 Å². The number of alkyl halides is 3. The molecule has 0 atom stereocenters. The molecular formula is C19H17F3O4. The summed E-state index contributed by atoms with van der Waals surface area (Å²) in [4.78, 5) is 11.3. The second kappa shape index (κ2) is 8.42. The van der Waals surface area contributed by atoms with Gasteiger partial charge in [-0.3, -0.25) is 4.79 Å². The fourth-order valence-electron chi connectivity index (χ4n) is 2.35. The standard InChI is InChI=1S/C19H17F3O4/c1-3-9-25-18-15(10-13(12-23)11-17(18)24-4-2)14-7-5-6-8-16(14)26-19(20,21)22/h3,5-8,10-12H,1,4,9H2,2H3. The average molecular weight is 366 g/mol. The first-order valence-electron chi connectivity index (χ1n) is 7.74. The van der Waals surface area contributed by atoms with E-state index in [0.717, 1.165) is 0 Å². The van der Waals surface area contributed by atoms with Crippen molar-refractivity contribution in [2.75, 3.05) is 13.2 Å². The SMILES string of the molecule is C=CCOc1c(OCC)cc(C=O)cc1-c1ccccc1OC(F)(F)F. The minimum atomic E-state index is -4.86. The number of hydrogen-bond donors (Lipinski definition) is 0. The van der Waals surface area contributed by atoms with E-state index in [4.69, 9.17) is 9.47 Å². The van der Waals surface area contributed by atoms with Gasteiger partial charge >= 0.3 is 6.36 Å². The Morgan fingerprint density at radius 3 is 2.42 bits per heavy atom. The summed E-state index contributed by atoms with van der Waals surface area (Å²) in [5, 5.41) is 0. The van der Waals surface area contributed by atoms with Crippen molar-refractivity contribution >= 4 is 6.29 Å². The first-order chi connectivity index (χ1) is 12.4. The number of benzene rings is 2. The van der Waals surface area contributed by atoms with E-state index in [-0.39, 0.29) is 41.4 Å². The zero-order valence-corrected chi connectivity index (χ0v) is 14.0. The second-order valence-electron chi connectivity index (χ2n) is 5.09. The van der Waals surface area contributed by atoms with Gasteiger partial charge in [0.2, 0.25) is 0 Å². The van der Waals surface area contributed by atoms with Gasteiger partial charge in [-0.25, -0.2) is 0 Å². The Kier molecular flexibility index (Phi) is 6.27. The summed E-state index contributed by atoms with van der Waals surface area (Å²) >= 11 is 0. The van der Waals surface area contributed by atoms with Crippen molar-refractivity contribution in [3.63, 3.8) is 0 Å². The van der Waals surface area contributed by atoms with E-state index in [0.29, 0.717) is 6.29 Å². The zero-order valence-electron chi connectivity index (χ0n) is 14.0. The molecule has 0 aliphatic rings. The Labute approximate surface area is 148 Å². The molecule has 0 fully saturated rings. The highest BCUT2D eigenvalue weighted by molar-refractivity contribution is 5.86. The van der Waals surface area contributed by atoms with Gasteiger partial charge in [-0.1, -0.05) is 30.9 Å². The van der Waals surface area contributed by atoms with Crippen LogP contribution in [0.3, 0.4) is 0 Å². The smallest absolute Gasteiger partial charge is 0.490 e. The molecule has 2 aromatic carbocycles. The summed E-state index contributed by atoms with van der Waals surface area (Å²) in [5.74, 6) is 0.0419. The normalized spacial score (nSPS) is 10.9. The van der Waals surface area contributed by atoms with Gasteiger partial charge in [-0.05, 0) is 25.1 Å². The Morgan fingerprint density at radius 1 is 1.08 bits per heavy atom. The molecule has 7 heteroatoms. The molecule has 0 aromatic heterocycles. The molecule has 0 aliphatic carbocycles. The third-order valence-electron chi connectivity index (χ3n) is 3.26. The van der Waals surface area contributed by atoms with Gasteiger partial charge in [0.1, 0.15) is 18.6 Å². The number of hydrogen-bond acceptors (Lipinski definition) is 4. The topological polar surface area (TPSA) is 44.8 Å². The summed E-state index contributed by atoms with van der Waals surface area (Å²) in [6.07, 6.45) is -2.79. The van der Waals surface area contributed by atoms with Crippen LogP contribution in [0.25, 0.3) is 11.1 Å². The van der Waals surface area contributed by atoms with Crippen LogP contribution in [-0.2, 0) is 0 Å². The molecule has 0 unspecified atom stereocenters. The first-order valence-corrected chi connectivity index (χ1v) is 7.74. The molecule has 0 radical (unpaired) electrons. The number of para-hydroxylation sites is 1. The van der Waals surface area contributed by atoms with Crippen LogP contribution in [0.15, 0.2) is 49.1 Å². The minimum absolute atomic E-state index is 0.107. The molecule has 2 rings (SSSR count). The van der Waals surface area contributed by atoms with Gasteiger partial charge in [-0.15, -0.1) is 13.2 Å². The Morgan fingerprint density at radius 2 is 1.81 bits per heavy atom. The molecule has 0 aliphatic heterocycles. The predicted octanol–water partition coefficient (Wildman–Crippen LogP) is 5.03. The van der Waals surface area contributed by atoms with Gasteiger partial charge in [-0.2, -0.15) is 0 Å². The van der Waals surface area contributed by atoms with Crippen molar-refractivity contribution in [2.24, 2.45) is 0 Å². The molecule has 4 nitrogen and oxygen atoms in total. The van der Waals surface area contributed by atoms with Crippen molar-refractivity contribution in [1.29, 1.82) is 0 Å². The zero-order chi connectivity index (χ0) is 19.2. The third-order valence-corrected chi connectivity index (χ3v) is 3.26. The Balaban J connectivity index is 2.69. The summed E-state index contributed by atoms with van der Waals surface area (Å²) in [6.45, 7) is 5.69. The van der Waals surface area contributed by atoms with Gasteiger partial charge in [0.15, 0.2) is 11.5 Å². The predicted molar refractivity (Wildman–Crippen MR) is 90.8 cm³/mol. The van der Waals surface area contributed by atoms with Crippen LogP contribution in [-0.4, -0.2) is 25.9 Å². The van der Waals surface area contributed by atoms with Gasteiger partial charge in [0.25, 0.3) is 0 Å². The monoisotopic (exact) mass is 366 g/mol. The van der Waals surface area contributed by atoms with E-state index >= 15 is 0 Å². The number of ether oxygens (including phenoxy) is 3. The van der Waals surface area contributed by atoms with Crippen molar-refractivity contribution in [3.05, 3.63) is 54.6 Å². The lowest BCUT2D eigenvalue weighted by Crippen LogP contribution is -2.17. The lowest BCUT2D eigenvalue weighted by Gasteiger charge is -2.19. The van der Waals surface area contributed by atoms with Crippen LogP contribution >= 0.6 is 0 Å². The minimum Gasteiger partial charge on any atom is -0.490 e. The lowest BCUT2D eigenvalue weighted by atomic mass is 10.0. The van der Waals surface area contributed by atoms with E-state index in [1.165, 1.54) is 36.4 Å². The fourth-order valence-corrected chi connectivity index (χ4v) is 2.35. The molecule has 0 saturated heterocycles. The maximum Gasteiger partial charge on any atom is 0.573 e. The summed E-state index contributed by atoms with van der Waals surface area (Å²) in [7, 11) is 0. The van der Waals surface area contributed by atoms with Crippen molar-refractivity contribution < 1.29 is 32.2 Å². The molecule has 0 saturated carbocycles. The van der Waals surface area contributed by atoms with E-state index < -0.39 is 12.1 Å². The molecule has 0 heterocycles. The molecule has 2 aromatic rings. The number of rotatable bonds is 8. The molecule has 0 spiro atoms. The molecular weight excluding hydrogens is 349 g/mol. The highest BCUT2D eigenvalue weighted by Gasteiger charge is 2.32. The van der Waals surface area contributed by atoms with Gasteiger partial charge in [0, 0.05) is 16.7 Å². The molecule has 0 N–H and O–H groups in total. The van der Waals surface area contributed by atoms with Crippen LogP contribution in [0.5, 0.6) is 17.2 Å². The number of carbonyl (C=O) groups is 1. The largest absolute Gasteiger partial charge is 0.573 e. The van der Waals surface area contributed by atoms with E-state index in [1.807, 2.05) is 0 Å². The molecule has 0 amide bonds. The quantitative estimate of drug-likeness (QED) is 0.486. The second-order valence-corrected chi connectivity index (χ2v) is 5.09. The average Bonchev–Trinajstić information content (AvgIpc) is 2.59. The summed E-state index contributed by atoms with van der Waals surface area (Å²) in [6, 6.07) is 8.50.